The van der Waals surface area contributed by atoms with Gasteiger partial charge in [0, 0.05) is 11.3 Å². The van der Waals surface area contributed by atoms with Crippen molar-refractivity contribution < 1.29 is 9.21 Å². The summed E-state index contributed by atoms with van der Waals surface area (Å²) in [5.74, 6) is 0.0507. The normalized spacial score (nSPS) is 10.7. The maximum atomic E-state index is 13.3. The van der Waals surface area contributed by atoms with E-state index < -0.39 is 0 Å². The molecule has 0 aliphatic carbocycles. The van der Waals surface area contributed by atoms with E-state index in [0.717, 1.165) is 11.3 Å². The van der Waals surface area contributed by atoms with Crippen molar-refractivity contribution in [3.05, 3.63) is 106 Å². The first-order valence-corrected chi connectivity index (χ1v) is 9.69. The fourth-order valence-corrected chi connectivity index (χ4v) is 3.22. The van der Waals surface area contributed by atoms with Crippen molar-refractivity contribution in [2.45, 2.75) is 6.54 Å². The molecule has 4 nitrogen and oxygen atoms in total. The number of hydrogen-bond acceptors (Lipinski definition) is 3. The Morgan fingerprint density at radius 1 is 0.897 bits per heavy atom. The lowest BCUT2D eigenvalue weighted by Gasteiger charge is -2.22. The van der Waals surface area contributed by atoms with Crippen molar-refractivity contribution in [3.8, 4) is 11.5 Å². The first-order chi connectivity index (χ1) is 14.1. The van der Waals surface area contributed by atoms with E-state index in [1.807, 2.05) is 60.7 Å². The molecule has 1 aromatic heterocycles. The summed E-state index contributed by atoms with van der Waals surface area (Å²) in [5.41, 5.74) is 2.65. The number of oxazole rings is 1. The van der Waals surface area contributed by atoms with Crippen molar-refractivity contribution in [2.75, 3.05) is 4.90 Å². The molecule has 29 heavy (non-hydrogen) atoms. The first-order valence-electron chi connectivity index (χ1n) is 8.93. The van der Waals surface area contributed by atoms with Gasteiger partial charge in [0.2, 0.25) is 5.89 Å². The van der Waals surface area contributed by atoms with Crippen LogP contribution in [-0.2, 0) is 6.54 Å². The van der Waals surface area contributed by atoms with Gasteiger partial charge in [0.25, 0.3) is 5.91 Å². The number of anilines is 1. The zero-order valence-electron chi connectivity index (χ0n) is 15.3. The topological polar surface area (TPSA) is 46.3 Å². The Hall–Kier alpha value is -3.08. The highest BCUT2D eigenvalue weighted by Crippen LogP contribution is 2.28. The zero-order chi connectivity index (χ0) is 20.2. The second-order valence-corrected chi connectivity index (χ2v) is 7.19. The van der Waals surface area contributed by atoms with E-state index in [1.54, 1.807) is 23.1 Å². The van der Waals surface area contributed by atoms with Crippen LogP contribution in [0.15, 0.2) is 89.5 Å². The molecule has 1 amide bonds. The van der Waals surface area contributed by atoms with Gasteiger partial charge in [-0.25, -0.2) is 4.98 Å². The van der Waals surface area contributed by atoms with Gasteiger partial charge < -0.3 is 9.32 Å². The Morgan fingerprint density at radius 2 is 1.59 bits per heavy atom. The molecule has 0 radical (unpaired) electrons. The number of hydrogen-bond donors (Lipinski definition) is 0. The van der Waals surface area contributed by atoms with Crippen LogP contribution in [0.25, 0.3) is 11.5 Å². The molecule has 0 aliphatic rings. The maximum absolute atomic E-state index is 13.3. The smallest absolute Gasteiger partial charge is 0.280 e. The lowest BCUT2D eigenvalue weighted by molar-refractivity contribution is 0.0980. The summed E-state index contributed by atoms with van der Waals surface area (Å²) in [6, 6.07) is 24.3. The predicted octanol–water partition coefficient (Wildman–Crippen LogP) is 6.50. The zero-order valence-corrected chi connectivity index (χ0v) is 16.8. The Morgan fingerprint density at radius 3 is 2.28 bits per heavy atom. The van der Waals surface area contributed by atoms with Gasteiger partial charge in [0.1, 0.15) is 6.26 Å². The van der Waals surface area contributed by atoms with E-state index in [2.05, 4.69) is 4.98 Å². The van der Waals surface area contributed by atoms with Crippen molar-refractivity contribution >= 4 is 34.8 Å². The quantitative estimate of drug-likeness (QED) is 0.368. The molecule has 3 aromatic carbocycles. The molecule has 0 saturated heterocycles. The van der Waals surface area contributed by atoms with Crippen LogP contribution in [0.3, 0.4) is 0 Å². The Kier molecular flexibility index (Phi) is 5.65. The summed E-state index contributed by atoms with van der Waals surface area (Å²) >= 11 is 12.0. The number of aromatic nitrogens is 1. The molecule has 0 N–H and O–H groups in total. The first kappa shape index (κ1) is 19.2. The van der Waals surface area contributed by atoms with Crippen LogP contribution in [0, 0.1) is 0 Å². The van der Waals surface area contributed by atoms with Crippen molar-refractivity contribution in [2.24, 2.45) is 0 Å². The third-order valence-electron chi connectivity index (χ3n) is 4.39. The van der Waals surface area contributed by atoms with Gasteiger partial charge in [-0.05, 0) is 35.9 Å². The second kappa shape index (κ2) is 8.52. The minimum atomic E-state index is -0.255. The molecule has 0 aliphatic heterocycles. The molecule has 4 aromatic rings. The van der Waals surface area contributed by atoms with E-state index in [-0.39, 0.29) is 11.6 Å². The van der Waals surface area contributed by atoms with E-state index in [0.29, 0.717) is 28.0 Å². The standard InChI is InChI=1S/C23H16Cl2N2O2/c24-19-12-11-17(13-20(19)25)22-26-21(15-29-22)23(28)27(18-9-5-2-6-10-18)14-16-7-3-1-4-8-16/h1-13,15H,14H2. The summed E-state index contributed by atoms with van der Waals surface area (Å²) in [4.78, 5) is 19.3. The van der Waals surface area contributed by atoms with Crippen LogP contribution in [0.1, 0.15) is 16.1 Å². The molecule has 0 saturated carbocycles. The van der Waals surface area contributed by atoms with E-state index in [1.165, 1.54) is 6.26 Å². The van der Waals surface area contributed by atoms with Crippen LogP contribution in [0.5, 0.6) is 0 Å². The third kappa shape index (κ3) is 4.34. The van der Waals surface area contributed by atoms with Gasteiger partial charge >= 0.3 is 0 Å². The highest BCUT2D eigenvalue weighted by atomic mass is 35.5. The van der Waals surface area contributed by atoms with Gasteiger partial charge in [-0.15, -0.1) is 0 Å². The lowest BCUT2D eigenvalue weighted by Crippen LogP contribution is -2.30. The van der Waals surface area contributed by atoms with Gasteiger partial charge in [0.15, 0.2) is 5.69 Å². The van der Waals surface area contributed by atoms with E-state index >= 15 is 0 Å². The predicted molar refractivity (Wildman–Crippen MR) is 115 cm³/mol. The second-order valence-electron chi connectivity index (χ2n) is 6.38. The molecule has 1 heterocycles. The number of para-hydroxylation sites is 1. The molecule has 6 heteroatoms. The van der Waals surface area contributed by atoms with Crippen molar-refractivity contribution in [3.63, 3.8) is 0 Å². The van der Waals surface area contributed by atoms with Gasteiger partial charge in [0.05, 0.1) is 16.6 Å². The molecule has 4 rings (SSSR count). The number of nitrogens with zero attached hydrogens (tertiary/aromatic N) is 2. The van der Waals surface area contributed by atoms with Crippen molar-refractivity contribution in [1.29, 1.82) is 0 Å². The average Bonchev–Trinajstić information content (AvgIpc) is 3.25. The Balaban J connectivity index is 1.66. The fourth-order valence-electron chi connectivity index (χ4n) is 2.93. The third-order valence-corrected chi connectivity index (χ3v) is 5.13. The summed E-state index contributed by atoms with van der Waals surface area (Å²) in [5, 5.41) is 0.835. The molecule has 0 spiro atoms. The number of rotatable bonds is 5. The van der Waals surface area contributed by atoms with Crippen LogP contribution in [0.2, 0.25) is 10.0 Å². The number of carbonyl (C=O) groups is 1. The minimum absolute atomic E-state index is 0.214. The Bertz CT molecular complexity index is 1130. The average molecular weight is 423 g/mol. The number of amides is 1. The van der Waals surface area contributed by atoms with Crippen molar-refractivity contribution in [1.82, 2.24) is 4.98 Å². The van der Waals surface area contributed by atoms with Gasteiger partial charge in [-0.2, -0.15) is 0 Å². The van der Waals surface area contributed by atoms with Crippen LogP contribution in [-0.4, -0.2) is 10.9 Å². The van der Waals surface area contributed by atoms with Gasteiger partial charge in [-0.1, -0.05) is 71.7 Å². The van der Waals surface area contributed by atoms with Gasteiger partial charge in [-0.3, -0.25) is 4.79 Å². The molecule has 0 unspecified atom stereocenters. The summed E-state index contributed by atoms with van der Waals surface area (Å²) in [6.07, 6.45) is 1.36. The van der Waals surface area contributed by atoms with Crippen LogP contribution in [0.4, 0.5) is 5.69 Å². The number of benzene rings is 3. The SMILES string of the molecule is O=C(c1coc(-c2ccc(Cl)c(Cl)c2)n1)N(Cc1ccccc1)c1ccccc1. The molecule has 0 fully saturated rings. The highest BCUT2D eigenvalue weighted by Gasteiger charge is 2.22. The Labute approximate surface area is 178 Å². The molecular weight excluding hydrogens is 407 g/mol. The molecule has 0 atom stereocenters. The number of carbonyl (C=O) groups excluding carboxylic acids is 1. The summed E-state index contributed by atoms with van der Waals surface area (Å²) < 4.78 is 5.54. The largest absolute Gasteiger partial charge is 0.444 e. The van der Waals surface area contributed by atoms with Crippen LogP contribution >= 0.6 is 23.2 Å². The molecular formula is C23H16Cl2N2O2. The monoisotopic (exact) mass is 422 g/mol. The molecule has 0 bridgehead atoms. The lowest BCUT2D eigenvalue weighted by atomic mass is 10.2. The fraction of sp³-hybridized carbons (Fsp3) is 0.0435. The summed E-state index contributed by atoms with van der Waals surface area (Å²) in [7, 11) is 0. The van der Waals surface area contributed by atoms with E-state index in [9.17, 15) is 4.79 Å². The van der Waals surface area contributed by atoms with Crippen LogP contribution < -0.4 is 4.90 Å². The highest BCUT2D eigenvalue weighted by molar-refractivity contribution is 6.42. The maximum Gasteiger partial charge on any atom is 0.280 e. The minimum Gasteiger partial charge on any atom is -0.444 e. The van der Waals surface area contributed by atoms with E-state index in [4.69, 9.17) is 27.6 Å². The summed E-state index contributed by atoms with van der Waals surface area (Å²) in [6.45, 7) is 0.415. The molecule has 144 valence electrons. The number of halogens is 2.